The van der Waals surface area contributed by atoms with Gasteiger partial charge in [-0.05, 0) is 25.0 Å². The topological polar surface area (TPSA) is 55.4 Å². The smallest absolute Gasteiger partial charge is 0.246 e. The lowest BCUT2D eigenvalue weighted by molar-refractivity contribution is -0.144. The van der Waals surface area contributed by atoms with Gasteiger partial charge in [-0.3, -0.25) is 9.59 Å². The van der Waals surface area contributed by atoms with Crippen LogP contribution in [0.3, 0.4) is 0 Å². The second-order valence-corrected chi connectivity index (χ2v) is 5.29. The number of ether oxygens (including phenoxy) is 1. The molecule has 1 amide bonds. The van der Waals surface area contributed by atoms with E-state index >= 15 is 0 Å². The number of nitrogens with one attached hydrogen (secondary N) is 1. The number of carbonyl (C=O) groups excluding carboxylic acids is 2. The number of rotatable bonds is 5. The molecule has 98 valence electrons. The number of fused-ring (bicyclic) bond motifs is 1. The Hall–Kier alpha value is -1.42. The molecular formula is C14H19NO3. The van der Waals surface area contributed by atoms with E-state index in [1.54, 1.807) is 6.08 Å². The molecule has 0 fully saturated rings. The summed E-state index contributed by atoms with van der Waals surface area (Å²) in [4.78, 5) is 23.4. The lowest BCUT2D eigenvalue weighted by Gasteiger charge is -2.36. The van der Waals surface area contributed by atoms with E-state index in [-0.39, 0.29) is 30.3 Å². The van der Waals surface area contributed by atoms with Crippen molar-refractivity contribution in [3.8, 4) is 0 Å². The molecule has 0 radical (unpaired) electrons. The predicted molar refractivity (Wildman–Crippen MR) is 67.9 cm³/mol. The van der Waals surface area contributed by atoms with Gasteiger partial charge >= 0.3 is 0 Å². The van der Waals surface area contributed by atoms with Gasteiger partial charge in [-0.1, -0.05) is 26.0 Å². The summed E-state index contributed by atoms with van der Waals surface area (Å²) in [5.41, 5.74) is -0.890. The van der Waals surface area contributed by atoms with Crippen molar-refractivity contribution in [3.05, 3.63) is 24.3 Å². The fourth-order valence-corrected chi connectivity index (χ4v) is 2.02. The van der Waals surface area contributed by atoms with Crippen LogP contribution in [0.25, 0.3) is 0 Å². The summed E-state index contributed by atoms with van der Waals surface area (Å²) < 4.78 is 5.53. The molecule has 0 heterocycles. The predicted octanol–water partition coefficient (Wildman–Crippen LogP) is 1.23. The highest BCUT2D eigenvalue weighted by Crippen LogP contribution is 2.40. The average Bonchev–Trinajstić information content (AvgIpc) is 2.47. The fraction of sp³-hybridized carbons (Fsp3) is 0.571. The van der Waals surface area contributed by atoms with E-state index in [0.29, 0.717) is 5.92 Å². The van der Waals surface area contributed by atoms with Gasteiger partial charge in [0.2, 0.25) is 5.91 Å². The summed E-state index contributed by atoms with van der Waals surface area (Å²) in [5.74, 6) is 0.127. The SMILES string of the molecule is CC(C)[C@@H](C)NC(=O)COC12C=CC1C=CC2=O. The van der Waals surface area contributed by atoms with Crippen LogP contribution in [-0.2, 0) is 14.3 Å². The number of amides is 1. The molecule has 0 saturated heterocycles. The minimum Gasteiger partial charge on any atom is -0.352 e. The average molecular weight is 249 g/mol. The summed E-state index contributed by atoms with van der Waals surface area (Å²) in [7, 11) is 0. The lowest BCUT2D eigenvalue weighted by atomic mass is 9.79. The Morgan fingerprint density at radius 3 is 2.67 bits per heavy atom. The first-order valence-electron chi connectivity index (χ1n) is 6.31. The summed E-state index contributed by atoms with van der Waals surface area (Å²) in [6.07, 6.45) is 6.99. The highest BCUT2D eigenvalue weighted by atomic mass is 16.5. The third-order valence-corrected chi connectivity index (χ3v) is 3.72. The van der Waals surface area contributed by atoms with Crippen molar-refractivity contribution >= 4 is 11.7 Å². The zero-order valence-corrected chi connectivity index (χ0v) is 11.0. The number of hydrogen-bond acceptors (Lipinski definition) is 3. The molecule has 0 aliphatic heterocycles. The van der Waals surface area contributed by atoms with Gasteiger partial charge in [0.1, 0.15) is 6.61 Å². The third-order valence-electron chi connectivity index (χ3n) is 3.72. The highest BCUT2D eigenvalue weighted by Gasteiger charge is 2.50. The van der Waals surface area contributed by atoms with Gasteiger partial charge in [0, 0.05) is 12.0 Å². The van der Waals surface area contributed by atoms with Crippen LogP contribution >= 0.6 is 0 Å². The molecule has 3 atom stereocenters. The van der Waals surface area contributed by atoms with Crippen molar-refractivity contribution in [2.24, 2.45) is 11.8 Å². The Morgan fingerprint density at radius 2 is 2.17 bits per heavy atom. The van der Waals surface area contributed by atoms with Gasteiger partial charge in [-0.15, -0.1) is 0 Å². The van der Waals surface area contributed by atoms with E-state index in [9.17, 15) is 9.59 Å². The van der Waals surface area contributed by atoms with E-state index in [2.05, 4.69) is 5.32 Å². The first-order chi connectivity index (χ1) is 8.45. The van der Waals surface area contributed by atoms with Crippen LogP contribution in [0.5, 0.6) is 0 Å². The molecule has 0 aromatic heterocycles. The van der Waals surface area contributed by atoms with Crippen molar-refractivity contribution < 1.29 is 14.3 Å². The molecule has 0 bridgehead atoms. The Balaban J connectivity index is 1.84. The van der Waals surface area contributed by atoms with Crippen molar-refractivity contribution in [2.45, 2.75) is 32.4 Å². The van der Waals surface area contributed by atoms with Crippen LogP contribution in [0.1, 0.15) is 20.8 Å². The molecule has 18 heavy (non-hydrogen) atoms. The number of carbonyl (C=O) groups is 2. The Kier molecular flexibility index (Phi) is 3.39. The molecule has 0 aromatic carbocycles. The van der Waals surface area contributed by atoms with Crippen LogP contribution in [0.15, 0.2) is 24.3 Å². The van der Waals surface area contributed by atoms with Crippen molar-refractivity contribution in [2.75, 3.05) is 6.61 Å². The van der Waals surface area contributed by atoms with Gasteiger partial charge in [-0.2, -0.15) is 0 Å². The zero-order valence-electron chi connectivity index (χ0n) is 11.0. The van der Waals surface area contributed by atoms with Crippen molar-refractivity contribution in [1.82, 2.24) is 5.32 Å². The van der Waals surface area contributed by atoms with E-state index in [1.165, 1.54) is 6.08 Å². The highest BCUT2D eigenvalue weighted by molar-refractivity contribution is 6.03. The fourth-order valence-electron chi connectivity index (χ4n) is 2.02. The zero-order chi connectivity index (χ0) is 13.3. The minimum atomic E-state index is -0.890. The Morgan fingerprint density at radius 1 is 1.44 bits per heavy atom. The second-order valence-electron chi connectivity index (χ2n) is 5.29. The van der Waals surface area contributed by atoms with Crippen LogP contribution < -0.4 is 5.32 Å². The largest absolute Gasteiger partial charge is 0.352 e. The van der Waals surface area contributed by atoms with Crippen molar-refractivity contribution in [3.63, 3.8) is 0 Å². The summed E-state index contributed by atoms with van der Waals surface area (Å²) in [5, 5.41) is 2.85. The maximum atomic E-state index is 11.7. The molecule has 4 heteroatoms. The molecule has 2 aliphatic rings. The van der Waals surface area contributed by atoms with Gasteiger partial charge in [0.05, 0.1) is 0 Å². The van der Waals surface area contributed by atoms with E-state index in [4.69, 9.17) is 4.74 Å². The molecule has 2 aliphatic carbocycles. The third kappa shape index (κ3) is 2.12. The molecular weight excluding hydrogens is 230 g/mol. The van der Waals surface area contributed by atoms with E-state index < -0.39 is 5.60 Å². The van der Waals surface area contributed by atoms with Gasteiger partial charge < -0.3 is 10.1 Å². The van der Waals surface area contributed by atoms with E-state index in [1.807, 2.05) is 32.9 Å². The normalized spacial score (nSPS) is 30.2. The number of ketones is 1. The summed E-state index contributed by atoms with van der Waals surface area (Å²) in [6, 6.07) is 0.101. The Labute approximate surface area is 107 Å². The lowest BCUT2D eigenvalue weighted by Crippen LogP contribution is -2.49. The first kappa shape index (κ1) is 13.0. The first-order valence-corrected chi connectivity index (χ1v) is 6.31. The van der Waals surface area contributed by atoms with Crippen molar-refractivity contribution in [1.29, 1.82) is 0 Å². The molecule has 2 rings (SSSR count). The molecule has 4 nitrogen and oxygen atoms in total. The van der Waals surface area contributed by atoms with Crippen LogP contribution in [0.4, 0.5) is 0 Å². The maximum Gasteiger partial charge on any atom is 0.246 e. The monoisotopic (exact) mass is 249 g/mol. The number of hydrogen-bond donors (Lipinski definition) is 1. The van der Waals surface area contributed by atoms with Gasteiger partial charge in [0.15, 0.2) is 11.4 Å². The van der Waals surface area contributed by atoms with Crippen LogP contribution in [0, 0.1) is 11.8 Å². The molecule has 0 saturated carbocycles. The van der Waals surface area contributed by atoms with Crippen LogP contribution in [-0.4, -0.2) is 29.9 Å². The van der Waals surface area contributed by atoms with Gasteiger partial charge in [-0.25, -0.2) is 0 Å². The van der Waals surface area contributed by atoms with Gasteiger partial charge in [0.25, 0.3) is 0 Å². The standard InChI is InChI=1S/C14H19NO3/c1-9(2)10(3)15-13(17)8-18-14-7-6-11(14)4-5-12(14)16/h4-7,9-11H,8H2,1-3H3,(H,15,17)/t10-,11?,14?/m1/s1. The summed E-state index contributed by atoms with van der Waals surface area (Å²) in [6.45, 7) is 5.96. The molecule has 0 spiro atoms. The van der Waals surface area contributed by atoms with Crippen LogP contribution in [0.2, 0.25) is 0 Å². The molecule has 1 N–H and O–H groups in total. The molecule has 2 unspecified atom stereocenters. The summed E-state index contributed by atoms with van der Waals surface area (Å²) >= 11 is 0. The maximum absolute atomic E-state index is 11.7. The molecule has 0 aromatic rings. The minimum absolute atomic E-state index is 0.000298. The second kappa shape index (κ2) is 4.69. The van der Waals surface area contributed by atoms with E-state index in [0.717, 1.165) is 0 Å². The quantitative estimate of drug-likeness (QED) is 0.746. The Bertz CT molecular complexity index is 425.